The van der Waals surface area contributed by atoms with Gasteiger partial charge in [-0.3, -0.25) is 15.1 Å². The Labute approximate surface area is 157 Å². The standard InChI is InChI=1S/C18H21BFN6O/c20-11-7-12-14(23-9-11)1-2-16-25-18(27)13(8-21)17-22-6-5-19-4-3-15(12)24-10-26(16)17/h5-9,15-16,24H,1-4,10,21H2,(H,25,27)/b6-5+,13-8?,22-17?. The average Bonchev–Trinajstić information content (AvgIpc) is 2.69. The third-order valence-corrected chi connectivity index (χ3v) is 5.15. The van der Waals surface area contributed by atoms with E-state index in [4.69, 9.17) is 5.73 Å². The lowest BCUT2D eigenvalue weighted by Gasteiger charge is -2.39. The van der Waals surface area contributed by atoms with Crippen LogP contribution in [0, 0.1) is 5.82 Å². The number of aliphatic imine (C=N–C) groups is 1. The van der Waals surface area contributed by atoms with Gasteiger partial charge in [-0.1, -0.05) is 6.32 Å². The summed E-state index contributed by atoms with van der Waals surface area (Å²) in [5.74, 6) is 1.82. The molecule has 7 nitrogen and oxygen atoms in total. The van der Waals surface area contributed by atoms with Gasteiger partial charge in [-0.2, -0.15) is 0 Å². The quantitative estimate of drug-likeness (QED) is 0.465. The molecule has 27 heavy (non-hydrogen) atoms. The van der Waals surface area contributed by atoms with E-state index in [-0.39, 0.29) is 23.9 Å². The van der Waals surface area contributed by atoms with Gasteiger partial charge in [0.2, 0.25) is 0 Å². The van der Waals surface area contributed by atoms with Crippen LogP contribution in [0.4, 0.5) is 4.39 Å². The highest BCUT2D eigenvalue weighted by molar-refractivity contribution is 6.42. The van der Waals surface area contributed by atoms with Crippen molar-refractivity contribution in [1.82, 2.24) is 20.5 Å². The number of nitrogens with two attached hydrogens (primary N) is 1. The summed E-state index contributed by atoms with van der Waals surface area (Å²) in [5.41, 5.74) is 7.78. The lowest BCUT2D eigenvalue weighted by atomic mass is 9.72. The highest BCUT2D eigenvalue weighted by Gasteiger charge is 2.36. The normalized spacial score (nSPS) is 27.9. The molecule has 0 aromatic carbocycles. The number of carbonyl (C=O) groups excluding carboxylic acids is 1. The zero-order valence-electron chi connectivity index (χ0n) is 14.9. The number of halogens is 1. The number of rotatable bonds is 0. The molecule has 0 saturated carbocycles. The minimum absolute atomic E-state index is 0.0473. The Morgan fingerprint density at radius 3 is 3.15 bits per heavy atom. The molecule has 2 bridgehead atoms. The predicted octanol–water partition coefficient (Wildman–Crippen LogP) is 0.751. The fourth-order valence-corrected chi connectivity index (χ4v) is 3.79. The van der Waals surface area contributed by atoms with Gasteiger partial charge in [0.05, 0.1) is 18.4 Å². The first-order chi connectivity index (χ1) is 13.2. The molecule has 139 valence electrons. The summed E-state index contributed by atoms with van der Waals surface area (Å²) in [7, 11) is 2.01. The molecule has 1 aromatic heterocycles. The largest absolute Gasteiger partial charge is 0.404 e. The second-order valence-corrected chi connectivity index (χ2v) is 6.79. The minimum Gasteiger partial charge on any atom is -0.404 e. The fourth-order valence-electron chi connectivity index (χ4n) is 3.79. The summed E-state index contributed by atoms with van der Waals surface area (Å²) in [6.07, 6.45) is 6.87. The zero-order valence-corrected chi connectivity index (χ0v) is 14.9. The molecular formula is C18H21BFN6O. The predicted molar refractivity (Wildman–Crippen MR) is 101 cm³/mol. The molecule has 0 aliphatic carbocycles. The van der Waals surface area contributed by atoms with Crippen molar-refractivity contribution in [3.8, 4) is 0 Å². The maximum absolute atomic E-state index is 13.9. The highest BCUT2D eigenvalue weighted by Crippen LogP contribution is 2.27. The fraction of sp³-hybridized carbons (Fsp3) is 0.389. The van der Waals surface area contributed by atoms with Crippen LogP contribution >= 0.6 is 0 Å². The van der Waals surface area contributed by atoms with E-state index in [2.05, 4.69) is 20.6 Å². The van der Waals surface area contributed by atoms with E-state index < -0.39 is 0 Å². The molecule has 2 unspecified atom stereocenters. The van der Waals surface area contributed by atoms with E-state index in [1.165, 1.54) is 12.4 Å². The summed E-state index contributed by atoms with van der Waals surface area (Å²) in [5, 5.41) is 6.50. The number of hydrogen-bond acceptors (Lipinski definition) is 6. The summed E-state index contributed by atoms with van der Waals surface area (Å²) >= 11 is 0. The summed E-state index contributed by atoms with van der Waals surface area (Å²) in [6, 6.07) is 1.52. The Hall–Kier alpha value is -2.68. The first kappa shape index (κ1) is 17.7. The van der Waals surface area contributed by atoms with Crippen molar-refractivity contribution in [3.05, 3.63) is 53.3 Å². The summed E-state index contributed by atoms with van der Waals surface area (Å²) < 4.78 is 13.9. The Balaban J connectivity index is 1.79. The minimum atomic E-state index is -0.338. The zero-order chi connectivity index (χ0) is 18.8. The number of fused-ring (bicyclic) bond motifs is 4. The molecule has 1 fully saturated rings. The van der Waals surface area contributed by atoms with E-state index in [0.29, 0.717) is 30.9 Å². The summed E-state index contributed by atoms with van der Waals surface area (Å²) in [4.78, 5) is 23.3. The number of amides is 1. The number of nitrogens with one attached hydrogen (secondary N) is 2. The molecule has 1 aromatic rings. The van der Waals surface area contributed by atoms with Gasteiger partial charge in [0.25, 0.3) is 5.91 Å². The van der Waals surface area contributed by atoms with Gasteiger partial charge < -0.3 is 16.0 Å². The Morgan fingerprint density at radius 2 is 2.30 bits per heavy atom. The average molecular weight is 367 g/mol. The van der Waals surface area contributed by atoms with Crippen LogP contribution in [0.3, 0.4) is 0 Å². The molecule has 1 saturated heterocycles. The smallest absolute Gasteiger partial charge is 0.258 e. The van der Waals surface area contributed by atoms with Gasteiger partial charge >= 0.3 is 0 Å². The Bertz CT molecular complexity index is 839. The van der Waals surface area contributed by atoms with Gasteiger partial charge in [-0.05, 0) is 30.9 Å². The number of amidine groups is 1. The van der Waals surface area contributed by atoms with E-state index in [9.17, 15) is 9.18 Å². The number of aryl methyl sites for hydroxylation is 1. The molecule has 1 radical (unpaired) electrons. The first-order valence-electron chi connectivity index (χ1n) is 9.11. The second kappa shape index (κ2) is 7.52. The van der Waals surface area contributed by atoms with Crippen LogP contribution in [0.5, 0.6) is 0 Å². The lowest BCUT2D eigenvalue weighted by Crippen LogP contribution is -2.60. The van der Waals surface area contributed by atoms with Crippen molar-refractivity contribution in [2.75, 3.05) is 6.67 Å². The third-order valence-electron chi connectivity index (χ3n) is 5.15. The van der Waals surface area contributed by atoms with E-state index in [1.54, 1.807) is 12.3 Å². The Morgan fingerprint density at radius 1 is 1.41 bits per heavy atom. The van der Waals surface area contributed by atoms with Gasteiger partial charge in [0.1, 0.15) is 25.1 Å². The third kappa shape index (κ3) is 3.47. The molecular weight excluding hydrogens is 346 g/mol. The number of hydrogen-bond donors (Lipinski definition) is 3. The van der Waals surface area contributed by atoms with E-state index in [0.717, 1.165) is 24.0 Å². The van der Waals surface area contributed by atoms with Crippen LogP contribution in [0.15, 0.2) is 41.2 Å². The van der Waals surface area contributed by atoms with Gasteiger partial charge in [0.15, 0.2) is 0 Å². The molecule has 9 heteroatoms. The SMILES string of the molecule is NC=C1C(=O)NC2CCc3ncc(F)cc3C3CC[B]/C=C/N=C1N2CN3. The van der Waals surface area contributed by atoms with Crippen molar-refractivity contribution in [3.63, 3.8) is 0 Å². The summed E-state index contributed by atoms with van der Waals surface area (Å²) in [6.45, 7) is 0.454. The number of pyridine rings is 1. The molecule has 2 atom stereocenters. The maximum atomic E-state index is 13.9. The second-order valence-electron chi connectivity index (χ2n) is 6.79. The molecule has 4 rings (SSSR count). The maximum Gasteiger partial charge on any atom is 0.258 e. The van der Waals surface area contributed by atoms with Crippen LogP contribution in [-0.2, 0) is 11.2 Å². The molecule has 3 aliphatic heterocycles. The number of aromatic nitrogens is 1. The van der Waals surface area contributed by atoms with Gasteiger partial charge in [0, 0.05) is 24.1 Å². The number of carbonyl (C=O) groups is 1. The van der Waals surface area contributed by atoms with E-state index >= 15 is 0 Å². The van der Waals surface area contributed by atoms with Crippen molar-refractivity contribution >= 4 is 19.0 Å². The highest BCUT2D eigenvalue weighted by atomic mass is 19.1. The lowest BCUT2D eigenvalue weighted by molar-refractivity contribution is -0.119. The van der Waals surface area contributed by atoms with E-state index in [1.807, 2.05) is 18.2 Å². The van der Waals surface area contributed by atoms with Crippen molar-refractivity contribution in [1.29, 1.82) is 0 Å². The first-order valence-corrected chi connectivity index (χ1v) is 9.11. The van der Waals surface area contributed by atoms with Crippen LogP contribution in [0.2, 0.25) is 6.32 Å². The molecule has 0 spiro atoms. The van der Waals surface area contributed by atoms with Gasteiger partial charge in [-0.25, -0.2) is 9.38 Å². The topological polar surface area (TPSA) is 95.6 Å². The van der Waals surface area contributed by atoms with Crippen molar-refractivity contribution in [2.45, 2.75) is 37.8 Å². The monoisotopic (exact) mass is 367 g/mol. The van der Waals surface area contributed by atoms with Crippen LogP contribution in [-0.4, -0.2) is 41.7 Å². The van der Waals surface area contributed by atoms with Crippen molar-refractivity contribution in [2.24, 2.45) is 10.7 Å². The molecule has 3 aliphatic rings. The molecule has 4 heterocycles. The number of nitrogens with zero attached hydrogens (tertiary/aromatic N) is 3. The Kier molecular flexibility index (Phi) is 4.93. The van der Waals surface area contributed by atoms with Crippen LogP contribution < -0.4 is 16.4 Å². The molecule has 4 N–H and O–H groups in total. The van der Waals surface area contributed by atoms with Crippen LogP contribution in [0.1, 0.15) is 30.1 Å². The van der Waals surface area contributed by atoms with Crippen molar-refractivity contribution < 1.29 is 9.18 Å². The molecule has 1 amide bonds. The van der Waals surface area contributed by atoms with Gasteiger partial charge in [-0.15, -0.1) is 5.98 Å². The van der Waals surface area contributed by atoms with Crippen LogP contribution in [0.25, 0.3) is 0 Å².